The van der Waals surface area contributed by atoms with Gasteiger partial charge in [0.05, 0.1) is 6.04 Å². The molecule has 6 heteroatoms. The molecule has 0 aliphatic heterocycles. The Balaban J connectivity index is 2.24. The first-order valence-corrected chi connectivity index (χ1v) is 5.51. The second-order valence-corrected chi connectivity index (χ2v) is 3.91. The van der Waals surface area contributed by atoms with Crippen molar-refractivity contribution in [1.29, 1.82) is 0 Å². The van der Waals surface area contributed by atoms with Crippen LogP contribution in [0, 0.1) is 5.82 Å². The van der Waals surface area contributed by atoms with Crippen LogP contribution < -0.4 is 5.32 Å². The molecule has 1 N–H and O–H groups in total. The molecular weight excluding hydrogens is 235 g/mol. The van der Waals surface area contributed by atoms with E-state index < -0.39 is 0 Å². The quantitative estimate of drug-likeness (QED) is 0.903. The molecule has 2 aromatic heterocycles. The third-order valence-electron chi connectivity index (χ3n) is 2.49. The van der Waals surface area contributed by atoms with E-state index in [0.717, 1.165) is 0 Å². The second kappa shape index (κ2) is 4.95. The molecule has 0 radical (unpaired) electrons. The average molecular weight is 248 g/mol. The molecule has 0 aromatic carbocycles. The maximum atomic E-state index is 13.6. The van der Waals surface area contributed by atoms with Crippen molar-refractivity contribution in [1.82, 2.24) is 14.8 Å². The van der Waals surface area contributed by atoms with E-state index in [1.165, 1.54) is 25.3 Å². The molecule has 94 valence electrons. The lowest BCUT2D eigenvalue weighted by Crippen LogP contribution is -2.12. The van der Waals surface area contributed by atoms with E-state index in [-0.39, 0.29) is 17.8 Å². The van der Waals surface area contributed by atoms with E-state index >= 15 is 0 Å². The van der Waals surface area contributed by atoms with Gasteiger partial charge in [-0.05, 0) is 19.1 Å². The van der Waals surface area contributed by atoms with Crippen molar-refractivity contribution in [3.8, 4) is 0 Å². The van der Waals surface area contributed by atoms with Crippen LogP contribution in [0.25, 0.3) is 0 Å². The lowest BCUT2D eigenvalue weighted by Gasteiger charge is -2.11. The van der Waals surface area contributed by atoms with Crippen molar-refractivity contribution in [2.45, 2.75) is 19.9 Å². The minimum atomic E-state index is -0.374. The maximum Gasteiger partial charge on any atom is 0.222 e. The Labute approximate surface area is 104 Å². The van der Waals surface area contributed by atoms with Gasteiger partial charge >= 0.3 is 0 Å². The third kappa shape index (κ3) is 2.53. The van der Waals surface area contributed by atoms with Gasteiger partial charge in [0.15, 0.2) is 5.82 Å². The zero-order valence-corrected chi connectivity index (χ0v) is 10.1. The third-order valence-corrected chi connectivity index (χ3v) is 2.49. The smallest absolute Gasteiger partial charge is 0.222 e. The largest absolute Gasteiger partial charge is 0.309 e. The number of hydrogen-bond donors (Lipinski definition) is 1. The summed E-state index contributed by atoms with van der Waals surface area (Å²) in [5, 5.41) is 6.71. The number of carbonyl (C=O) groups excluding carboxylic acids is 1. The first kappa shape index (κ1) is 12.2. The van der Waals surface area contributed by atoms with Crippen molar-refractivity contribution < 1.29 is 9.18 Å². The molecule has 0 aliphatic carbocycles. The zero-order valence-electron chi connectivity index (χ0n) is 10.1. The van der Waals surface area contributed by atoms with Crippen LogP contribution in [-0.4, -0.2) is 20.7 Å². The number of hydrogen-bond acceptors (Lipinski definition) is 3. The molecule has 2 aromatic rings. The second-order valence-electron chi connectivity index (χ2n) is 3.91. The molecule has 0 aliphatic rings. The zero-order chi connectivity index (χ0) is 13.1. The molecule has 0 fully saturated rings. The Bertz CT molecular complexity index is 567. The summed E-state index contributed by atoms with van der Waals surface area (Å²) in [6.07, 6.45) is 3.21. The molecule has 2 rings (SSSR count). The first-order valence-electron chi connectivity index (χ1n) is 5.51. The van der Waals surface area contributed by atoms with E-state index in [2.05, 4.69) is 15.4 Å². The molecule has 5 nitrogen and oxygen atoms in total. The fraction of sp³-hybridized carbons (Fsp3) is 0.250. The van der Waals surface area contributed by atoms with Gasteiger partial charge in [-0.1, -0.05) is 0 Å². The van der Waals surface area contributed by atoms with E-state index in [1.807, 2.05) is 0 Å². The summed E-state index contributed by atoms with van der Waals surface area (Å²) in [5.74, 6) is -0.135. The molecule has 0 bridgehead atoms. The van der Waals surface area contributed by atoms with E-state index in [0.29, 0.717) is 11.5 Å². The molecular formula is C12H13FN4O. The Morgan fingerprint density at radius 2 is 2.28 bits per heavy atom. The molecule has 18 heavy (non-hydrogen) atoms. The van der Waals surface area contributed by atoms with Gasteiger partial charge in [0.25, 0.3) is 0 Å². The Kier molecular flexibility index (Phi) is 3.36. The molecule has 0 saturated carbocycles. The van der Waals surface area contributed by atoms with Crippen LogP contribution in [0.5, 0.6) is 0 Å². The molecule has 1 atom stereocenters. The number of nitrogens with zero attached hydrogens (tertiary/aromatic N) is 3. The number of aromatic nitrogens is 3. The highest BCUT2D eigenvalue weighted by Crippen LogP contribution is 2.18. The van der Waals surface area contributed by atoms with Gasteiger partial charge in [-0.3, -0.25) is 14.5 Å². The topological polar surface area (TPSA) is 59.8 Å². The molecule has 0 spiro atoms. The number of amides is 1. The predicted octanol–water partition coefficient (Wildman–Crippen LogP) is 1.98. The highest BCUT2D eigenvalue weighted by Gasteiger charge is 2.15. The fourth-order valence-electron chi connectivity index (χ4n) is 1.63. The predicted molar refractivity (Wildman–Crippen MR) is 64.5 cm³/mol. The number of halogens is 1. The van der Waals surface area contributed by atoms with E-state index in [9.17, 15) is 9.18 Å². The van der Waals surface area contributed by atoms with Gasteiger partial charge in [0.1, 0.15) is 11.5 Å². The summed E-state index contributed by atoms with van der Waals surface area (Å²) < 4.78 is 15.1. The lowest BCUT2D eigenvalue weighted by molar-refractivity contribution is -0.114. The summed E-state index contributed by atoms with van der Waals surface area (Å²) >= 11 is 0. The standard InChI is InChI=1S/C12H13FN4O/c1-8(12-10(13)4-3-6-14-12)17-7-5-11(16-17)15-9(2)18/h3-8H,1-2H3,(H,15,16,18). The summed E-state index contributed by atoms with van der Waals surface area (Å²) in [5.41, 5.74) is 0.315. The van der Waals surface area contributed by atoms with Crippen molar-refractivity contribution >= 4 is 11.7 Å². The van der Waals surface area contributed by atoms with Crippen molar-refractivity contribution in [2.75, 3.05) is 5.32 Å². The number of nitrogens with one attached hydrogen (secondary N) is 1. The monoisotopic (exact) mass is 248 g/mol. The van der Waals surface area contributed by atoms with Crippen LogP contribution in [0.3, 0.4) is 0 Å². The van der Waals surface area contributed by atoms with E-state index in [4.69, 9.17) is 0 Å². The Hall–Kier alpha value is -2.24. The minimum Gasteiger partial charge on any atom is -0.309 e. The molecule has 0 saturated heterocycles. The molecule has 1 amide bonds. The van der Waals surface area contributed by atoms with Crippen LogP contribution >= 0.6 is 0 Å². The van der Waals surface area contributed by atoms with Crippen LogP contribution in [0.1, 0.15) is 25.6 Å². The molecule has 2 heterocycles. The summed E-state index contributed by atoms with van der Waals surface area (Å²) in [4.78, 5) is 14.9. The summed E-state index contributed by atoms with van der Waals surface area (Å²) in [6, 6.07) is 4.21. The van der Waals surface area contributed by atoms with Gasteiger partial charge in [-0.2, -0.15) is 5.10 Å². The minimum absolute atomic E-state index is 0.197. The van der Waals surface area contributed by atoms with Gasteiger partial charge in [-0.25, -0.2) is 4.39 Å². The number of anilines is 1. The average Bonchev–Trinajstić information content (AvgIpc) is 2.76. The van der Waals surface area contributed by atoms with Crippen LogP contribution in [0.2, 0.25) is 0 Å². The SMILES string of the molecule is CC(=O)Nc1ccn(C(C)c2ncccc2F)n1. The van der Waals surface area contributed by atoms with Gasteiger partial charge < -0.3 is 5.32 Å². The van der Waals surface area contributed by atoms with Gasteiger partial charge in [0, 0.05) is 25.4 Å². The van der Waals surface area contributed by atoms with E-state index in [1.54, 1.807) is 23.9 Å². The summed E-state index contributed by atoms with van der Waals surface area (Å²) in [6.45, 7) is 3.19. The van der Waals surface area contributed by atoms with Crippen LogP contribution in [-0.2, 0) is 4.79 Å². The molecule has 1 unspecified atom stereocenters. The normalized spacial score (nSPS) is 12.2. The van der Waals surface area contributed by atoms with Gasteiger partial charge in [-0.15, -0.1) is 0 Å². The fourth-order valence-corrected chi connectivity index (χ4v) is 1.63. The number of rotatable bonds is 3. The Morgan fingerprint density at radius 1 is 1.50 bits per heavy atom. The maximum absolute atomic E-state index is 13.6. The van der Waals surface area contributed by atoms with Gasteiger partial charge in [0.2, 0.25) is 5.91 Å². The van der Waals surface area contributed by atoms with Crippen LogP contribution in [0.15, 0.2) is 30.6 Å². The van der Waals surface area contributed by atoms with Crippen molar-refractivity contribution in [3.05, 3.63) is 42.1 Å². The number of pyridine rings is 1. The summed E-state index contributed by atoms with van der Waals surface area (Å²) in [7, 11) is 0. The highest BCUT2D eigenvalue weighted by atomic mass is 19.1. The van der Waals surface area contributed by atoms with Crippen LogP contribution in [0.4, 0.5) is 10.2 Å². The van der Waals surface area contributed by atoms with Crippen molar-refractivity contribution in [3.63, 3.8) is 0 Å². The van der Waals surface area contributed by atoms with Crippen molar-refractivity contribution in [2.24, 2.45) is 0 Å². The number of carbonyl (C=O) groups is 1. The highest BCUT2D eigenvalue weighted by molar-refractivity contribution is 5.87. The Morgan fingerprint density at radius 3 is 2.94 bits per heavy atom. The first-order chi connectivity index (χ1) is 8.58. The lowest BCUT2D eigenvalue weighted by atomic mass is 10.2.